The van der Waals surface area contributed by atoms with E-state index in [9.17, 15) is 57.2 Å². The van der Waals surface area contributed by atoms with Gasteiger partial charge in [0.1, 0.15) is 42.2 Å². The van der Waals surface area contributed by atoms with Gasteiger partial charge in [-0.2, -0.15) is 0 Å². The number of para-hydroxylation sites is 2. The average molecular weight is 2110 g/mol. The van der Waals surface area contributed by atoms with Crippen molar-refractivity contribution in [2.75, 3.05) is 137 Å². The monoisotopic (exact) mass is 2110 g/mol. The first-order valence-electron chi connectivity index (χ1n) is 46.7. The van der Waals surface area contributed by atoms with Crippen LogP contribution < -0.4 is 38.5 Å². The highest BCUT2D eigenvalue weighted by atomic mass is 35.5. The molecule has 0 radical (unpaired) electrons. The number of carbonyl (C=O) groups excluding carboxylic acids is 4. The molecular weight excluding hydrogens is 2000 g/mol. The van der Waals surface area contributed by atoms with Gasteiger partial charge in [-0.05, 0) is 208 Å². The van der Waals surface area contributed by atoms with E-state index in [1.54, 1.807) is 139 Å². The van der Waals surface area contributed by atoms with E-state index < -0.39 is 46.1 Å². The van der Waals surface area contributed by atoms with Crippen LogP contribution in [0.2, 0.25) is 10.0 Å². The number of nitrogens with zero attached hydrogens (tertiary/aromatic N) is 18. The molecule has 0 bridgehead atoms. The van der Waals surface area contributed by atoms with Crippen molar-refractivity contribution < 1.29 is 65.8 Å². The second-order valence-corrected chi connectivity index (χ2v) is 44.1. The highest BCUT2D eigenvalue weighted by molar-refractivity contribution is 7.93. The lowest BCUT2D eigenvalue weighted by Gasteiger charge is -2.42. The second-order valence-electron chi connectivity index (χ2n) is 34.7. The largest absolute Gasteiger partial charge is 0.368 e. The van der Waals surface area contributed by atoms with E-state index in [0.29, 0.717) is 155 Å². The van der Waals surface area contributed by atoms with Gasteiger partial charge in [0.2, 0.25) is 23.6 Å². The predicted molar refractivity (Wildman–Crippen MR) is 576 cm³/mol. The van der Waals surface area contributed by atoms with Crippen LogP contribution >= 0.6 is 45.9 Å². The number of fused-ring (bicyclic) bond motifs is 4. The number of hydrogen-bond donors (Lipinski definition) is 4. The summed E-state index contributed by atoms with van der Waals surface area (Å²) in [5.41, 5.74) is 8.75. The van der Waals surface area contributed by atoms with E-state index in [0.717, 1.165) is 61.9 Å². The van der Waals surface area contributed by atoms with Crippen molar-refractivity contribution in [1.29, 1.82) is 0 Å². The Morgan fingerprint density at radius 3 is 1.35 bits per heavy atom. The number of hydrogen-bond acceptors (Lipinski definition) is 24. The zero-order valence-electron chi connectivity index (χ0n) is 79.0. The van der Waals surface area contributed by atoms with Crippen molar-refractivity contribution in [2.45, 2.75) is 97.8 Å². The molecule has 4 aliphatic heterocycles. The smallest absolute Gasteiger partial charge is 0.263 e. The van der Waals surface area contributed by atoms with Crippen LogP contribution in [0, 0.1) is 5.82 Å². The number of carbonyl (C=O) groups is 4. The third-order valence-electron chi connectivity index (χ3n) is 25.8. The lowest BCUT2D eigenvalue weighted by Crippen LogP contribution is -2.55. The van der Waals surface area contributed by atoms with Crippen LogP contribution in [0.1, 0.15) is 66.7 Å². The van der Waals surface area contributed by atoms with Gasteiger partial charge >= 0.3 is 0 Å². The third kappa shape index (κ3) is 23.9. The summed E-state index contributed by atoms with van der Waals surface area (Å²) in [4.78, 5) is 92.6. The van der Waals surface area contributed by atoms with Crippen molar-refractivity contribution >= 4 is 198 Å². The summed E-state index contributed by atoms with van der Waals surface area (Å²) in [5, 5.41) is 9.24. The topological polar surface area (TPSA) is 376 Å². The Bertz CT molecular complexity index is 7730. The van der Waals surface area contributed by atoms with Crippen LogP contribution in [-0.4, -0.2) is 229 Å². The van der Waals surface area contributed by atoms with Crippen molar-refractivity contribution in [2.24, 2.45) is 0 Å². The average Bonchev–Trinajstić information content (AvgIpc) is 1.64. The van der Waals surface area contributed by atoms with Crippen molar-refractivity contribution in [1.82, 2.24) is 67.8 Å². The van der Waals surface area contributed by atoms with Crippen molar-refractivity contribution in [3.05, 3.63) is 301 Å². The summed E-state index contributed by atoms with van der Waals surface area (Å²) < 4.78 is 133. The van der Waals surface area contributed by atoms with Crippen LogP contribution in [0.15, 0.2) is 299 Å². The molecule has 760 valence electrons. The number of thiazole rings is 2. The van der Waals surface area contributed by atoms with Gasteiger partial charge in [0.05, 0.1) is 41.2 Å². The molecule has 0 aliphatic carbocycles. The Kier molecular flexibility index (Phi) is 31.6. The zero-order valence-corrected chi connectivity index (χ0v) is 85.4. The van der Waals surface area contributed by atoms with E-state index in [1.165, 1.54) is 71.5 Å². The Hall–Kier alpha value is -14.1. The van der Waals surface area contributed by atoms with Gasteiger partial charge in [-0.1, -0.05) is 66.5 Å². The van der Waals surface area contributed by atoms with Crippen LogP contribution in [0.5, 0.6) is 0 Å². The molecule has 1 unspecified atom stereocenters. The van der Waals surface area contributed by atoms with Gasteiger partial charge in [-0.15, -0.1) is 22.7 Å². The van der Waals surface area contributed by atoms with Gasteiger partial charge in [0.25, 0.3) is 40.1 Å². The Morgan fingerprint density at radius 1 is 0.431 bits per heavy atom. The number of rotatable bonds is 27. The number of nitrogens with one attached hydrogen (secondary N) is 4. The Labute approximate surface area is 860 Å². The molecule has 34 nitrogen and oxygen atoms in total. The van der Waals surface area contributed by atoms with Gasteiger partial charge in [-0.3, -0.25) is 38.1 Å². The molecule has 20 rings (SSSR count). The molecule has 4 N–H and O–H groups in total. The maximum atomic E-state index is 14.1. The SMILES string of the molecule is CCc1cccc2ccn(C(C)C(=O)N3CCN(c4ccc(S(=O)(=O)Nc5ccncn5)cc4)CC3)c12.C[C@H]1CN(c2ccc(S(=O)(=O)Nc3nccs3)cc2)CCN1C(=O)[C@H](C)n1ccc2c(F)cccc21.O=C(CCn1ccc2cc(Cl)ccc21)N1CCN(c2ccc(S(=O)(=O)Nc3nccs3)cc2)CC1.O=C(CCn1ccc2cccc(Cl)c21)N1CCN(c2ccc(S(=O)(=O)Nc3ccncn3)cc2)CC1.[HH].[HH].[HH].[HH].[HH].[HH]. The number of sulfonamides is 4. The summed E-state index contributed by atoms with van der Waals surface area (Å²) in [6.45, 7) is 18.7. The molecule has 4 aliphatic rings. The summed E-state index contributed by atoms with van der Waals surface area (Å²) in [6.07, 6.45) is 18.1. The number of aromatic nitrogens is 10. The highest BCUT2D eigenvalue weighted by Crippen LogP contribution is 2.34. The Morgan fingerprint density at radius 2 is 0.868 bits per heavy atom. The second kappa shape index (κ2) is 44.8. The summed E-state index contributed by atoms with van der Waals surface area (Å²) >= 11 is 14.9. The minimum atomic E-state index is -3.75. The lowest BCUT2D eigenvalue weighted by atomic mass is 10.1. The molecule has 4 saturated heterocycles. The summed E-state index contributed by atoms with van der Waals surface area (Å²) in [5.74, 6) is 0.469. The molecule has 4 fully saturated rings. The molecule has 16 aromatic rings. The number of benzene rings is 8. The zero-order chi connectivity index (χ0) is 101. The summed E-state index contributed by atoms with van der Waals surface area (Å²) in [7, 11) is -14.9. The fourth-order valence-corrected chi connectivity index (χ4v) is 24.2. The molecule has 8 aromatic heterocycles. The van der Waals surface area contributed by atoms with Crippen LogP contribution in [0.25, 0.3) is 43.6 Å². The van der Waals surface area contributed by atoms with Crippen molar-refractivity contribution in [3.8, 4) is 0 Å². The number of amides is 4. The standard InChI is InChI=1S/C27H30N6O3S.C25H25ClN6O3S.C25H26FN5O3S2.C24H24ClN5O3S2.6H2/c1-3-21-5-4-6-22-12-14-33(26(21)22)20(2)27(34)32-17-15-31(16-18-32)23-7-9-24(10-8-23)37(35,36)30-25-11-13-28-19-29-25;26-22-3-1-2-19-9-12-32(25(19)22)13-10-24(33)31-16-14-30(15-17-31)20-4-6-21(7-5-20)36(34,35)29-23-8-11-27-18-28-23;1-17-16-29(19-6-8-20(9-7-19)36(33,34)28-25-27-11-15-35-25)13-14-30(17)24(32)18(2)31-12-10-21-22(26)4-3-5-23(21)31;25-19-1-6-22-18(17-19)7-10-29(22)11-8-23(31)30-14-12-28(13-15-30)20-2-4-21(5-3-20)35(32,33)27-24-26-9-16-34-24;;;;;;/h4-14,19-20H,3,15-18H2,1-2H3,(H,28,29,30);1-9,11-12,18H,10,13-17H2,(H,27,28,29);3-12,15,17-18H,13-14,16H2,1-2H3,(H,27,28);1-7,9-10,16-17H,8,11-15H2,(H,26,27);6*1H/t;;17-,18-;;;;;;;/m..0......./s1. The number of piperazine rings is 4. The fourth-order valence-electron chi connectivity index (χ4n) is 18.1. The summed E-state index contributed by atoms with van der Waals surface area (Å²) in [6, 6.07) is 59.7. The van der Waals surface area contributed by atoms with Crippen LogP contribution in [0.3, 0.4) is 0 Å². The van der Waals surface area contributed by atoms with E-state index in [1.807, 2.05) is 123 Å². The van der Waals surface area contributed by atoms with Gasteiger partial charge in [0, 0.05) is 248 Å². The number of halogens is 3. The van der Waals surface area contributed by atoms with Gasteiger partial charge in [0.15, 0.2) is 10.3 Å². The molecule has 0 spiro atoms. The van der Waals surface area contributed by atoms with E-state index in [-0.39, 0.29) is 81.3 Å². The lowest BCUT2D eigenvalue weighted by molar-refractivity contribution is -0.137. The molecule has 43 heteroatoms. The van der Waals surface area contributed by atoms with Crippen LogP contribution in [0.4, 0.5) is 49.0 Å². The minimum Gasteiger partial charge on any atom is -0.368 e. The van der Waals surface area contributed by atoms with Crippen molar-refractivity contribution in [3.63, 3.8) is 0 Å². The minimum absolute atomic E-state index is 0. The first kappa shape index (κ1) is 101. The molecule has 8 aromatic carbocycles. The maximum absolute atomic E-state index is 14.1. The highest BCUT2D eigenvalue weighted by Gasteiger charge is 2.34. The predicted octanol–water partition coefficient (Wildman–Crippen LogP) is 17.4. The molecule has 144 heavy (non-hydrogen) atoms. The van der Waals surface area contributed by atoms with E-state index in [4.69, 9.17) is 23.2 Å². The number of aryl methyl sites for hydroxylation is 3. The van der Waals surface area contributed by atoms with E-state index in [2.05, 4.69) is 109 Å². The third-order valence-corrected chi connectivity index (χ3v) is 33.5. The van der Waals surface area contributed by atoms with Crippen LogP contribution in [-0.2, 0) is 78.8 Å². The molecule has 4 amide bonds. The Balaban J connectivity index is 0.000000187. The molecule has 0 saturated carbocycles. The van der Waals surface area contributed by atoms with E-state index >= 15 is 0 Å². The first-order valence-corrected chi connectivity index (χ1v) is 55.1. The van der Waals surface area contributed by atoms with Gasteiger partial charge < -0.3 is 57.5 Å². The maximum Gasteiger partial charge on any atom is 0.263 e. The molecule has 3 atom stereocenters. The molecular formula is C101H117Cl2FN22O12S6. The first-order chi connectivity index (χ1) is 69.4. The van der Waals surface area contributed by atoms with Gasteiger partial charge in [-0.25, -0.2) is 68.0 Å². The molecule has 12 heterocycles. The number of anilines is 8. The quantitative estimate of drug-likeness (QED) is 0.0371. The normalized spacial score (nSPS) is 15.3. The fraction of sp³-hybridized carbons (Fsp3) is 0.267.